The molecule has 0 saturated heterocycles. The highest BCUT2D eigenvalue weighted by molar-refractivity contribution is 5.29. The average Bonchev–Trinajstić information content (AvgIpc) is 2.26. The summed E-state index contributed by atoms with van der Waals surface area (Å²) in [6.45, 7) is -0.541. The lowest BCUT2D eigenvalue weighted by molar-refractivity contribution is -0.289. The minimum Gasteiger partial charge on any atom is -0.394 e. The van der Waals surface area contributed by atoms with Crippen LogP contribution in [0.25, 0.3) is 0 Å². The summed E-state index contributed by atoms with van der Waals surface area (Å²) in [6.07, 6.45) is -5.66. The third-order valence-corrected chi connectivity index (χ3v) is 2.23. The van der Waals surface area contributed by atoms with E-state index in [4.69, 9.17) is 10.8 Å². The standard InChI is InChI=1S/C10H10F5NO/c11-9(12,10(13,14)15)7-3-1-2-6(4-7)8(16)5-17/h1-4,8,17H,5,16H2/t8-/m0/s1. The maximum Gasteiger partial charge on any atom is 0.458 e. The van der Waals surface area contributed by atoms with Crippen LogP contribution in [0, 0.1) is 0 Å². The van der Waals surface area contributed by atoms with Crippen molar-refractivity contribution >= 4 is 0 Å². The van der Waals surface area contributed by atoms with Crippen molar-refractivity contribution in [2.75, 3.05) is 6.61 Å². The van der Waals surface area contributed by atoms with Crippen LogP contribution in [0.4, 0.5) is 22.0 Å². The Balaban J connectivity index is 3.16. The van der Waals surface area contributed by atoms with E-state index in [0.29, 0.717) is 12.1 Å². The fraction of sp³-hybridized carbons (Fsp3) is 0.400. The first-order valence-electron chi connectivity index (χ1n) is 4.61. The highest BCUT2D eigenvalue weighted by atomic mass is 19.4. The van der Waals surface area contributed by atoms with Gasteiger partial charge in [0.25, 0.3) is 0 Å². The Kier molecular flexibility index (Phi) is 3.73. The molecule has 0 amide bonds. The number of nitrogens with two attached hydrogens (primary N) is 1. The highest BCUT2D eigenvalue weighted by Crippen LogP contribution is 2.44. The molecule has 0 fully saturated rings. The normalized spacial score (nSPS) is 14.8. The highest BCUT2D eigenvalue weighted by Gasteiger charge is 2.58. The van der Waals surface area contributed by atoms with Crippen molar-refractivity contribution in [3.8, 4) is 0 Å². The van der Waals surface area contributed by atoms with Gasteiger partial charge in [0.05, 0.1) is 12.6 Å². The SMILES string of the molecule is N[C@@H](CO)c1cccc(C(F)(F)C(F)(F)F)c1. The van der Waals surface area contributed by atoms with Crippen molar-refractivity contribution in [2.45, 2.75) is 18.1 Å². The van der Waals surface area contributed by atoms with Crippen molar-refractivity contribution in [3.05, 3.63) is 35.4 Å². The van der Waals surface area contributed by atoms with Gasteiger partial charge in [0.1, 0.15) is 0 Å². The largest absolute Gasteiger partial charge is 0.458 e. The maximum absolute atomic E-state index is 13.0. The van der Waals surface area contributed by atoms with Gasteiger partial charge in [0.15, 0.2) is 0 Å². The van der Waals surface area contributed by atoms with Crippen LogP contribution in [0.15, 0.2) is 24.3 Å². The number of hydrogen-bond acceptors (Lipinski definition) is 2. The van der Waals surface area contributed by atoms with Crippen molar-refractivity contribution in [1.29, 1.82) is 0 Å². The molecule has 1 atom stereocenters. The second-order valence-corrected chi connectivity index (χ2v) is 3.49. The molecule has 1 aromatic carbocycles. The third kappa shape index (κ3) is 2.73. The van der Waals surface area contributed by atoms with Gasteiger partial charge in [-0.25, -0.2) is 0 Å². The quantitative estimate of drug-likeness (QED) is 0.814. The maximum atomic E-state index is 13.0. The van der Waals surface area contributed by atoms with Gasteiger partial charge in [-0.2, -0.15) is 22.0 Å². The smallest absolute Gasteiger partial charge is 0.394 e. The van der Waals surface area contributed by atoms with E-state index in [-0.39, 0.29) is 5.56 Å². The molecule has 0 heterocycles. The monoisotopic (exact) mass is 255 g/mol. The molecule has 0 aliphatic carbocycles. The summed E-state index contributed by atoms with van der Waals surface area (Å²) >= 11 is 0. The van der Waals surface area contributed by atoms with Gasteiger partial charge in [0.2, 0.25) is 0 Å². The molecule has 96 valence electrons. The van der Waals surface area contributed by atoms with Crippen molar-refractivity contribution in [3.63, 3.8) is 0 Å². The number of aliphatic hydroxyl groups excluding tert-OH is 1. The van der Waals surface area contributed by atoms with Crippen LogP contribution < -0.4 is 5.73 Å². The van der Waals surface area contributed by atoms with E-state index in [2.05, 4.69) is 0 Å². The molecular formula is C10H10F5NO. The van der Waals surface area contributed by atoms with Gasteiger partial charge in [-0.15, -0.1) is 0 Å². The lowest BCUT2D eigenvalue weighted by Gasteiger charge is -2.21. The minimum absolute atomic E-state index is 0.0222. The zero-order valence-electron chi connectivity index (χ0n) is 8.51. The van der Waals surface area contributed by atoms with Crippen LogP contribution in [0.1, 0.15) is 17.2 Å². The Morgan fingerprint density at radius 1 is 1.18 bits per heavy atom. The molecule has 0 saturated carbocycles. The first-order chi connectivity index (χ1) is 7.70. The van der Waals surface area contributed by atoms with E-state index in [9.17, 15) is 22.0 Å². The Morgan fingerprint density at radius 3 is 2.24 bits per heavy atom. The molecule has 0 aliphatic heterocycles. The van der Waals surface area contributed by atoms with Crippen molar-refractivity contribution in [2.24, 2.45) is 5.73 Å². The van der Waals surface area contributed by atoms with E-state index in [0.717, 1.165) is 6.07 Å². The second-order valence-electron chi connectivity index (χ2n) is 3.49. The van der Waals surface area contributed by atoms with Gasteiger partial charge in [-0.3, -0.25) is 0 Å². The fourth-order valence-electron chi connectivity index (χ4n) is 1.23. The summed E-state index contributed by atoms with van der Waals surface area (Å²) in [6, 6.07) is 2.64. The first-order valence-corrected chi connectivity index (χ1v) is 4.61. The zero-order valence-corrected chi connectivity index (χ0v) is 8.51. The van der Waals surface area contributed by atoms with E-state index in [1.165, 1.54) is 6.07 Å². The fourth-order valence-corrected chi connectivity index (χ4v) is 1.23. The Labute approximate surface area is 93.9 Å². The topological polar surface area (TPSA) is 46.2 Å². The predicted octanol–water partition coefficient (Wildman–Crippen LogP) is 2.33. The number of rotatable bonds is 3. The molecule has 3 N–H and O–H groups in total. The molecule has 0 radical (unpaired) electrons. The van der Waals surface area contributed by atoms with E-state index in [1.54, 1.807) is 0 Å². The molecule has 7 heteroatoms. The predicted molar refractivity (Wildman–Crippen MR) is 50.4 cm³/mol. The molecule has 0 unspecified atom stereocenters. The summed E-state index contributed by atoms with van der Waals surface area (Å²) < 4.78 is 62.3. The third-order valence-electron chi connectivity index (χ3n) is 2.23. The molecule has 1 aromatic rings. The molecule has 1 rings (SSSR count). The summed E-state index contributed by atoms with van der Waals surface area (Å²) in [4.78, 5) is 0. The van der Waals surface area contributed by atoms with Gasteiger partial charge in [-0.1, -0.05) is 18.2 Å². The average molecular weight is 255 g/mol. The number of aliphatic hydroxyl groups is 1. The number of halogens is 5. The number of hydrogen-bond donors (Lipinski definition) is 2. The van der Waals surface area contributed by atoms with Crippen LogP contribution in [0.3, 0.4) is 0 Å². The summed E-state index contributed by atoms with van der Waals surface area (Å²) in [5.41, 5.74) is 4.17. The van der Waals surface area contributed by atoms with E-state index in [1.807, 2.05) is 0 Å². The Bertz CT molecular complexity index is 391. The summed E-state index contributed by atoms with van der Waals surface area (Å²) in [5.74, 6) is -4.93. The van der Waals surface area contributed by atoms with Gasteiger partial charge in [0, 0.05) is 5.56 Å². The minimum atomic E-state index is -5.66. The summed E-state index contributed by atoms with van der Waals surface area (Å²) in [7, 11) is 0. The van der Waals surface area contributed by atoms with Crippen LogP contribution >= 0.6 is 0 Å². The Hall–Kier alpha value is -1.21. The molecule has 0 aliphatic rings. The van der Waals surface area contributed by atoms with Gasteiger partial charge >= 0.3 is 12.1 Å². The lowest BCUT2D eigenvalue weighted by atomic mass is 10.0. The molecular weight excluding hydrogens is 245 g/mol. The molecule has 17 heavy (non-hydrogen) atoms. The van der Waals surface area contributed by atoms with Crippen LogP contribution in [0.2, 0.25) is 0 Å². The van der Waals surface area contributed by atoms with Crippen LogP contribution in [-0.4, -0.2) is 17.9 Å². The lowest BCUT2D eigenvalue weighted by Crippen LogP contribution is -2.33. The first kappa shape index (κ1) is 13.9. The summed E-state index contributed by atoms with van der Waals surface area (Å²) in [5, 5.41) is 8.71. The van der Waals surface area contributed by atoms with Crippen molar-refractivity contribution < 1.29 is 27.1 Å². The molecule has 0 spiro atoms. The molecule has 0 aromatic heterocycles. The van der Waals surface area contributed by atoms with Gasteiger partial charge < -0.3 is 10.8 Å². The van der Waals surface area contributed by atoms with E-state index >= 15 is 0 Å². The molecule has 2 nitrogen and oxygen atoms in total. The van der Waals surface area contributed by atoms with Crippen molar-refractivity contribution in [1.82, 2.24) is 0 Å². The Morgan fingerprint density at radius 2 is 1.76 bits per heavy atom. The van der Waals surface area contributed by atoms with Crippen LogP contribution in [0.5, 0.6) is 0 Å². The second kappa shape index (κ2) is 4.58. The number of benzene rings is 1. The number of alkyl halides is 5. The zero-order chi connectivity index (χ0) is 13.3. The molecule has 0 bridgehead atoms. The van der Waals surface area contributed by atoms with Gasteiger partial charge in [-0.05, 0) is 11.6 Å². The van der Waals surface area contributed by atoms with E-state index < -0.39 is 30.3 Å². The van der Waals surface area contributed by atoms with Crippen LogP contribution in [-0.2, 0) is 5.92 Å².